The number of thioether (sulfide) groups is 1. The molecule has 0 saturated carbocycles. The SMILES string of the molecule is C/C=C\CC(C/C=C\C)(C(=S)SCc1ccccc1)C(F)(F)F. The minimum Gasteiger partial charge on any atom is -0.170 e. The zero-order chi connectivity index (χ0) is 17.3. The van der Waals surface area contributed by atoms with Gasteiger partial charge in [0, 0.05) is 5.75 Å². The molecule has 126 valence electrons. The number of hydrogen-bond acceptors (Lipinski definition) is 2. The fraction of sp³-hybridized carbons (Fsp3) is 0.389. The zero-order valence-electron chi connectivity index (χ0n) is 13.3. The summed E-state index contributed by atoms with van der Waals surface area (Å²) in [7, 11) is 0. The van der Waals surface area contributed by atoms with Crippen LogP contribution >= 0.6 is 24.0 Å². The number of thiocarbonyl (C=S) groups is 1. The van der Waals surface area contributed by atoms with Crippen LogP contribution in [-0.2, 0) is 5.75 Å². The molecular formula is C18H21F3S2. The van der Waals surface area contributed by atoms with E-state index in [0.29, 0.717) is 5.75 Å². The highest BCUT2D eigenvalue weighted by Crippen LogP contribution is 2.49. The first kappa shape index (κ1) is 20.0. The summed E-state index contributed by atoms with van der Waals surface area (Å²) in [4.78, 5) is 0. The Morgan fingerprint density at radius 1 is 1.04 bits per heavy atom. The van der Waals surface area contributed by atoms with Gasteiger partial charge in [0.05, 0.1) is 4.20 Å². The predicted molar refractivity (Wildman–Crippen MR) is 97.7 cm³/mol. The van der Waals surface area contributed by atoms with Gasteiger partial charge in [-0.25, -0.2) is 0 Å². The van der Waals surface area contributed by atoms with Crippen molar-refractivity contribution in [2.24, 2.45) is 5.41 Å². The molecule has 1 rings (SSSR count). The summed E-state index contributed by atoms with van der Waals surface area (Å²) in [6.45, 7) is 3.44. The van der Waals surface area contributed by atoms with Gasteiger partial charge in [-0.1, -0.05) is 66.9 Å². The highest BCUT2D eigenvalue weighted by molar-refractivity contribution is 8.22. The largest absolute Gasteiger partial charge is 0.400 e. The maximum Gasteiger partial charge on any atom is 0.400 e. The van der Waals surface area contributed by atoms with Crippen LogP contribution in [0.4, 0.5) is 13.2 Å². The van der Waals surface area contributed by atoms with Crippen LogP contribution in [0.1, 0.15) is 32.3 Å². The Morgan fingerprint density at radius 3 is 2.00 bits per heavy atom. The molecule has 1 aromatic rings. The molecule has 5 heteroatoms. The van der Waals surface area contributed by atoms with E-state index in [1.165, 1.54) is 0 Å². The molecule has 0 atom stereocenters. The van der Waals surface area contributed by atoms with Gasteiger partial charge < -0.3 is 0 Å². The molecule has 0 aliphatic carbocycles. The van der Waals surface area contributed by atoms with Crippen LogP contribution in [0.5, 0.6) is 0 Å². The van der Waals surface area contributed by atoms with Gasteiger partial charge >= 0.3 is 6.18 Å². The maximum atomic E-state index is 13.8. The van der Waals surface area contributed by atoms with Crippen LogP contribution in [-0.4, -0.2) is 10.4 Å². The summed E-state index contributed by atoms with van der Waals surface area (Å²) in [5, 5.41) is 0. The molecule has 0 fully saturated rings. The van der Waals surface area contributed by atoms with Gasteiger partial charge in [0.25, 0.3) is 0 Å². The smallest absolute Gasteiger partial charge is 0.170 e. The van der Waals surface area contributed by atoms with Crippen LogP contribution in [0.25, 0.3) is 0 Å². The third-order valence-corrected chi connectivity index (χ3v) is 5.43. The van der Waals surface area contributed by atoms with Gasteiger partial charge in [0.15, 0.2) is 0 Å². The van der Waals surface area contributed by atoms with E-state index in [2.05, 4.69) is 0 Å². The number of alkyl halides is 3. The molecule has 0 radical (unpaired) electrons. The number of halogens is 3. The monoisotopic (exact) mass is 358 g/mol. The molecule has 1 aromatic carbocycles. The second kappa shape index (κ2) is 9.28. The van der Waals surface area contributed by atoms with Crippen molar-refractivity contribution in [2.75, 3.05) is 0 Å². The standard InChI is InChI=1S/C18H21F3S2/c1-3-5-12-17(13-6-4-2,18(19,20)21)16(22)23-14-15-10-8-7-9-11-15/h3-11H,12-14H2,1-2H3/b5-3-,6-4-. The molecule has 0 unspecified atom stereocenters. The molecule has 0 saturated heterocycles. The average molecular weight is 358 g/mol. The quantitative estimate of drug-likeness (QED) is 0.391. The predicted octanol–water partition coefficient (Wildman–Crippen LogP) is 6.73. The fourth-order valence-electron chi connectivity index (χ4n) is 2.10. The number of rotatable bonds is 7. The van der Waals surface area contributed by atoms with E-state index in [0.717, 1.165) is 17.3 Å². The summed E-state index contributed by atoms with van der Waals surface area (Å²) < 4.78 is 41.5. The topological polar surface area (TPSA) is 0 Å². The Morgan fingerprint density at radius 2 is 1.57 bits per heavy atom. The zero-order valence-corrected chi connectivity index (χ0v) is 14.9. The molecule has 0 aliphatic rings. The number of hydrogen-bond donors (Lipinski definition) is 0. The van der Waals surface area contributed by atoms with Crippen LogP contribution in [0.2, 0.25) is 0 Å². The summed E-state index contributed by atoms with van der Waals surface area (Å²) in [6, 6.07) is 9.40. The Hall–Kier alpha value is -1.07. The van der Waals surface area contributed by atoms with E-state index in [1.807, 2.05) is 30.3 Å². The first-order valence-corrected chi connectivity index (χ1v) is 8.77. The molecular weight excluding hydrogens is 337 g/mol. The van der Waals surface area contributed by atoms with Gasteiger partial charge in [-0.15, -0.1) is 11.8 Å². The van der Waals surface area contributed by atoms with Crippen molar-refractivity contribution < 1.29 is 13.2 Å². The first-order valence-electron chi connectivity index (χ1n) is 7.37. The number of benzene rings is 1. The van der Waals surface area contributed by atoms with Gasteiger partial charge in [0.2, 0.25) is 0 Å². The highest BCUT2D eigenvalue weighted by atomic mass is 32.2. The first-order chi connectivity index (χ1) is 10.9. The highest BCUT2D eigenvalue weighted by Gasteiger charge is 2.55. The van der Waals surface area contributed by atoms with Gasteiger partial charge in [-0.2, -0.15) is 13.2 Å². The van der Waals surface area contributed by atoms with Gasteiger partial charge in [-0.3, -0.25) is 0 Å². The third kappa shape index (κ3) is 5.50. The normalized spacial score (nSPS) is 13.1. The number of allylic oxidation sites excluding steroid dienone is 4. The Bertz CT molecular complexity index is 531. The lowest BCUT2D eigenvalue weighted by Gasteiger charge is -2.34. The molecule has 0 spiro atoms. The van der Waals surface area contributed by atoms with Crippen molar-refractivity contribution in [3.8, 4) is 0 Å². The molecule has 0 bridgehead atoms. The van der Waals surface area contributed by atoms with E-state index < -0.39 is 11.6 Å². The van der Waals surface area contributed by atoms with Gasteiger partial charge in [0.1, 0.15) is 5.41 Å². The molecule has 0 nitrogen and oxygen atoms in total. The molecule has 0 amide bonds. The van der Waals surface area contributed by atoms with Crippen LogP contribution in [0.3, 0.4) is 0 Å². The van der Waals surface area contributed by atoms with E-state index >= 15 is 0 Å². The van der Waals surface area contributed by atoms with Crippen molar-refractivity contribution in [2.45, 2.75) is 38.6 Å². The van der Waals surface area contributed by atoms with Crippen LogP contribution in [0, 0.1) is 5.41 Å². The Balaban J connectivity index is 3.02. The lowest BCUT2D eigenvalue weighted by molar-refractivity contribution is -0.194. The molecule has 0 heterocycles. The van der Waals surface area contributed by atoms with Crippen molar-refractivity contribution in [1.29, 1.82) is 0 Å². The maximum absolute atomic E-state index is 13.8. The van der Waals surface area contributed by atoms with E-state index in [-0.39, 0.29) is 17.0 Å². The van der Waals surface area contributed by atoms with Crippen molar-refractivity contribution in [1.82, 2.24) is 0 Å². The minimum absolute atomic E-state index is 0.00468. The Labute approximate surface area is 145 Å². The lowest BCUT2D eigenvalue weighted by Crippen LogP contribution is -2.42. The second-order valence-electron chi connectivity index (χ2n) is 5.19. The van der Waals surface area contributed by atoms with Crippen molar-refractivity contribution in [3.05, 3.63) is 60.2 Å². The fourth-order valence-corrected chi connectivity index (χ4v) is 3.60. The summed E-state index contributed by atoms with van der Waals surface area (Å²) in [5.74, 6) is 0.448. The second-order valence-corrected chi connectivity index (χ2v) is 6.84. The average Bonchev–Trinajstić information content (AvgIpc) is 2.53. The van der Waals surface area contributed by atoms with Crippen LogP contribution in [0.15, 0.2) is 54.6 Å². The molecule has 0 aromatic heterocycles. The van der Waals surface area contributed by atoms with Crippen molar-refractivity contribution >= 4 is 28.2 Å². The van der Waals surface area contributed by atoms with Gasteiger partial charge in [-0.05, 0) is 32.3 Å². The molecule has 23 heavy (non-hydrogen) atoms. The molecule has 0 N–H and O–H groups in total. The Kier molecular flexibility index (Phi) is 8.06. The van der Waals surface area contributed by atoms with E-state index in [9.17, 15) is 13.2 Å². The summed E-state index contributed by atoms with van der Waals surface area (Å²) in [6.07, 6.45) is 1.74. The minimum atomic E-state index is -4.38. The van der Waals surface area contributed by atoms with E-state index in [4.69, 9.17) is 12.2 Å². The summed E-state index contributed by atoms with van der Waals surface area (Å²) >= 11 is 6.34. The summed E-state index contributed by atoms with van der Waals surface area (Å²) in [5.41, 5.74) is -1.03. The third-order valence-electron chi connectivity index (χ3n) is 3.55. The van der Waals surface area contributed by atoms with Crippen molar-refractivity contribution in [3.63, 3.8) is 0 Å². The van der Waals surface area contributed by atoms with E-state index in [1.54, 1.807) is 38.2 Å². The lowest BCUT2D eigenvalue weighted by atomic mass is 9.81. The van der Waals surface area contributed by atoms with Crippen LogP contribution < -0.4 is 0 Å². The molecule has 0 aliphatic heterocycles.